The largest absolute Gasteiger partial charge is 0.378 e. The van der Waals surface area contributed by atoms with Crippen molar-refractivity contribution in [3.63, 3.8) is 0 Å². The molecule has 0 N–H and O–H groups in total. The first kappa shape index (κ1) is 11.5. The van der Waals surface area contributed by atoms with Crippen molar-refractivity contribution in [2.24, 2.45) is 5.10 Å². The van der Waals surface area contributed by atoms with E-state index < -0.39 is 4.92 Å². The van der Waals surface area contributed by atoms with E-state index in [1.165, 1.54) is 12.3 Å². The normalized spacial score (nSPS) is 16.4. The number of nitrogens with zero attached hydrogens (tertiary/aromatic N) is 3. The van der Waals surface area contributed by atoms with Crippen LogP contribution in [0, 0.1) is 10.1 Å². The van der Waals surface area contributed by atoms with Crippen LogP contribution in [-0.4, -0.2) is 42.5 Å². The fourth-order valence-electron chi connectivity index (χ4n) is 1.58. The van der Waals surface area contributed by atoms with Crippen molar-refractivity contribution in [3.05, 3.63) is 39.9 Å². The molecule has 0 amide bonds. The van der Waals surface area contributed by atoms with Gasteiger partial charge in [0.05, 0.1) is 43.0 Å². The van der Waals surface area contributed by atoms with E-state index in [0.717, 1.165) is 13.1 Å². The van der Waals surface area contributed by atoms with Gasteiger partial charge in [-0.2, -0.15) is 5.10 Å². The van der Waals surface area contributed by atoms with Gasteiger partial charge >= 0.3 is 0 Å². The molecule has 0 atom stereocenters. The molecule has 1 aliphatic heterocycles. The average Bonchev–Trinajstić information content (AvgIpc) is 2.38. The molecule has 0 radical (unpaired) electrons. The Labute approximate surface area is 98.6 Å². The van der Waals surface area contributed by atoms with Crippen LogP contribution in [0.3, 0.4) is 0 Å². The molecule has 1 aromatic carbocycles. The predicted molar refractivity (Wildman–Crippen MR) is 63.1 cm³/mol. The molecule has 90 valence electrons. The second-order valence-corrected chi connectivity index (χ2v) is 3.63. The van der Waals surface area contributed by atoms with Crippen LogP contribution in [-0.2, 0) is 4.74 Å². The number of nitro benzene ring substituents is 1. The van der Waals surface area contributed by atoms with Crippen LogP contribution in [0.1, 0.15) is 5.56 Å². The van der Waals surface area contributed by atoms with Crippen molar-refractivity contribution >= 4 is 11.9 Å². The molecule has 2 rings (SSSR count). The summed E-state index contributed by atoms with van der Waals surface area (Å²) < 4.78 is 5.19. The van der Waals surface area contributed by atoms with Gasteiger partial charge < -0.3 is 4.74 Å². The van der Waals surface area contributed by atoms with Crippen LogP contribution in [0.4, 0.5) is 5.69 Å². The molecule has 0 aliphatic carbocycles. The summed E-state index contributed by atoms with van der Waals surface area (Å²) in [6, 6.07) is 6.56. The van der Waals surface area contributed by atoms with Crippen LogP contribution in [0.5, 0.6) is 0 Å². The van der Waals surface area contributed by atoms with E-state index in [0.29, 0.717) is 18.8 Å². The number of hydrazone groups is 1. The van der Waals surface area contributed by atoms with E-state index in [9.17, 15) is 10.1 Å². The molecule has 6 nitrogen and oxygen atoms in total. The first-order valence-electron chi connectivity index (χ1n) is 5.37. The van der Waals surface area contributed by atoms with E-state index in [4.69, 9.17) is 4.74 Å². The van der Waals surface area contributed by atoms with E-state index in [-0.39, 0.29) is 5.69 Å². The summed E-state index contributed by atoms with van der Waals surface area (Å²) in [5.74, 6) is 0. The number of hydrogen-bond donors (Lipinski definition) is 0. The van der Waals surface area contributed by atoms with Gasteiger partial charge in [-0.05, 0) is 6.07 Å². The lowest BCUT2D eigenvalue weighted by molar-refractivity contribution is -0.385. The fraction of sp³-hybridized carbons (Fsp3) is 0.364. The van der Waals surface area contributed by atoms with Gasteiger partial charge in [-0.3, -0.25) is 15.1 Å². The number of hydrogen-bond acceptors (Lipinski definition) is 5. The highest BCUT2D eigenvalue weighted by Gasteiger charge is 2.11. The van der Waals surface area contributed by atoms with Crippen LogP contribution in [0.15, 0.2) is 29.4 Å². The van der Waals surface area contributed by atoms with E-state index >= 15 is 0 Å². The minimum atomic E-state index is -0.402. The smallest absolute Gasteiger partial charge is 0.278 e. The molecule has 0 unspecified atom stereocenters. The molecule has 17 heavy (non-hydrogen) atoms. The monoisotopic (exact) mass is 235 g/mol. The van der Waals surface area contributed by atoms with E-state index in [1.54, 1.807) is 18.2 Å². The Kier molecular flexibility index (Phi) is 3.66. The molecule has 0 aromatic heterocycles. The quantitative estimate of drug-likeness (QED) is 0.449. The maximum atomic E-state index is 10.8. The van der Waals surface area contributed by atoms with Gasteiger partial charge in [0.25, 0.3) is 5.69 Å². The van der Waals surface area contributed by atoms with Crippen LogP contribution in [0.25, 0.3) is 0 Å². The summed E-state index contributed by atoms with van der Waals surface area (Å²) in [5.41, 5.74) is 0.591. The van der Waals surface area contributed by atoms with E-state index in [2.05, 4.69) is 5.10 Å². The first-order valence-corrected chi connectivity index (χ1v) is 5.37. The molecular formula is C11H13N3O3. The molecule has 0 spiro atoms. The van der Waals surface area contributed by atoms with Gasteiger partial charge in [-0.25, -0.2) is 0 Å². The van der Waals surface area contributed by atoms with Crippen LogP contribution >= 0.6 is 0 Å². The number of ether oxygens (including phenoxy) is 1. The Hall–Kier alpha value is -1.95. The van der Waals surface area contributed by atoms with Crippen molar-refractivity contribution in [1.29, 1.82) is 0 Å². The highest BCUT2D eigenvalue weighted by atomic mass is 16.6. The molecule has 1 heterocycles. The molecule has 1 aliphatic rings. The lowest BCUT2D eigenvalue weighted by Gasteiger charge is -2.23. The van der Waals surface area contributed by atoms with Crippen molar-refractivity contribution in [1.82, 2.24) is 5.01 Å². The lowest BCUT2D eigenvalue weighted by Crippen LogP contribution is -2.32. The second kappa shape index (κ2) is 5.40. The Bertz CT molecular complexity index is 428. The zero-order chi connectivity index (χ0) is 12.1. The van der Waals surface area contributed by atoms with Gasteiger partial charge in [0.2, 0.25) is 0 Å². The van der Waals surface area contributed by atoms with Crippen LogP contribution < -0.4 is 0 Å². The lowest BCUT2D eigenvalue weighted by atomic mass is 10.2. The number of rotatable bonds is 3. The SMILES string of the molecule is O=[N+]([O-])c1ccccc1/C=N/N1CCOCC1. The molecule has 1 aromatic rings. The molecule has 0 bridgehead atoms. The summed E-state index contributed by atoms with van der Waals surface area (Å²) >= 11 is 0. The summed E-state index contributed by atoms with van der Waals surface area (Å²) in [7, 11) is 0. The Balaban J connectivity index is 2.11. The summed E-state index contributed by atoms with van der Waals surface area (Å²) in [6.07, 6.45) is 1.53. The van der Waals surface area contributed by atoms with Crippen LogP contribution in [0.2, 0.25) is 0 Å². The highest BCUT2D eigenvalue weighted by molar-refractivity contribution is 5.84. The average molecular weight is 235 g/mol. The minimum Gasteiger partial charge on any atom is -0.378 e. The first-order chi connectivity index (χ1) is 8.27. The summed E-state index contributed by atoms with van der Waals surface area (Å²) in [5, 5.41) is 16.9. The zero-order valence-electron chi connectivity index (χ0n) is 9.28. The van der Waals surface area contributed by atoms with Gasteiger partial charge in [0.1, 0.15) is 0 Å². The van der Waals surface area contributed by atoms with Gasteiger partial charge in [0.15, 0.2) is 0 Å². The van der Waals surface area contributed by atoms with Crippen molar-refractivity contribution < 1.29 is 9.66 Å². The van der Waals surface area contributed by atoms with Crippen molar-refractivity contribution in [2.45, 2.75) is 0 Å². The topological polar surface area (TPSA) is 68.0 Å². The van der Waals surface area contributed by atoms with Gasteiger partial charge in [-0.15, -0.1) is 0 Å². The van der Waals surface area contributed by atoms with E-state index in [1.807, 2.05) is 5.01 Å². The fourth-order valence-corrected chi connectivity index (χ4v) is 1.58. The number of nitro groups is 1. The Morgan fingerprint density at radius 3 is 2.76 bits per heavy atom. The molecule has 0 saturated carbocycles. The second-order valence-electron chi connectivity index (χ2n) is 3.63. The van der Waals surface area contributed by atoms with Gasteiger partial charge in [0, 0.05) is 6.07 Å². The molecule has 1 saturated heterocycles. The number of morpholine rings is 1. The third kappa shape index (κ3) is 3.01. The summed E-state index contributed by atoms with van der Waals surface area (Å²) in [6.45, 7) is 2.73. The standard InChI is InChI=1S/C11H13N3O3/c15-14(16)11-4-2-1-3-10(11)9-12-13-5-7-17-8-6-13/h1-4,9H,5-8H2/b12-9+. The molecule has 1 fully saturated rings. The van der Waals surface area contributed by atoms with Crippen molar-refractivity contribution in [3.8, 4) is 0 Å². The molecular weight excluding hydrogens is 222 g/mol. The Morgan fingerprint density at radius 2 is 2.06 bits per heavy atom. The highest BCUT2D eigenvalue weighted by Crippen LogP contribution is 2.15. The third-order valence-electron chi connectivity index (χ3n) is 2.48. The van der Waals surface area contributed by atoms with Gasteiger partial charge in [-0.1, -0.05) is 12.1 Å². The minimum absolute atomic E-state index is 0.0736. The number of benzene rings is 1. The third-order valence-corrected chi connectivity index (χ3v) is 2.48. The Morgan fingerprint density at radius 1 is 1.35 bits per heavy atom. The summed E-state index contributed by atoms with van der Waals surface area (Å²) in [4.78, 5) is 10.4. The number of para-hydroxylation sites is 1. The molecule has 6 heteroatoms. The maximum absolute atomic E-state index is 10.8. The predicted octanol–water partition coefficient (Wildman–Crippen LogP) is 1.26. The van der Waals surface area contributed by atoms with Crippen molar-refractivity contribution in [2.75, 3.05) is 26.3 Å². The zero-order valence-corrected chi connectivity index (χ0v) is 9.28. The maximum Gasteiger partial charge on any atom is 0.278 e.